The number of benzene rings is 1. The summed E-state index contributed by atoms with van der Waals surface area (Å²) in [5, 5.41) is 15.8. The van der Waals surface area contributed by atoms with Gasteiger partial charge in [0.1, 0.15) is 5.82 Å². The maximum atomic E-state index is 13.8. The summed E-state index contributed by atoms with van der Waals surface area (Å²) in [6.45, 7) is 1.80. The number of nitrogens with zero attached hydrogens (tertiary/aromatic N) is 6. The lowest BCUT2D eigenvalue weighted by Crippen LogP contribution is -2.30. The lowest BCUT2D eigenvalue weighted by atomic mass is 10.1. The zero-order chi connectivity index (χ0) is 21.2. The molecular formula is C20H19FN8OS. The van der Waals surface area contributed by atoms with Crippen LogP contribution in [0.2, 0.25) is 0 Å². The first kappa shape index (κ1) is 19.4. The molecule has 1 aliphatic heterocycles. The van der Waals surface area contributed by atoms with Crippen molar-refractivity contribution < 1.29 is 9.18 Å². The van der Waals surface area contributed by atoms with E-state index in [0.29, 0.717) is 17.5 Å². The zero-order valence-corrected chi connectivity index (χ0v) is 17.3. The van der Waals surface area contributed by atoms with E-state index in [1.165, 1.54) is 34.6 Å². The Labute approximate surface area is 181 Å². The van der Waals surface area contributed by atoms with Gasteiger partial charge in [0, 0.05) is 13.1 Å². The van der Waals surface area contributed by atoms with Crippen LogP contribution in [0.25, 0.3) is 16.4 Å². The fourth-order valence-corrected chi connectivity index (χ4v) is 4.17. The smallest absolute Gasteiger partial charge is 0.297 e. The van der Waals surface area contributed by atoms with Gasteiger partial charge in [-0.05, 0) is 48.9 Å². The third-order valence-electron chi connectivity index (χ3n) is 4.95. The summed E-state index contributed by atoms with van der Waals surface area (Å²) >= 11 is 1.45. The third-order valence-corrected chi connectivity index (χ3v) is 5.81. The maximum absolute atomic E-state index is 13.8. The summed E-state index contributed by atoms with van der Waals surface area (Å²) < 4.78 is 15.2. The van der Waals surface area contributed by atoms with Crippen molar-refractivity contribution in [3.63, 3.8) is 0 Å². The molecule has 1 amide bonds. The number of thiophene rings is 1. The second kappa shape index (κ2) is 8.26. The molecule has 0 atom stereocenters. The van der Waals surface area contributed by atoms with Crippen molar-refractivity contribution >= 4 is 29.1 Å². The average molecular weight is 438 g/mol. The summed E-state index contributed by atoms with van der Waals surface area (Å²) in [6.07, 6.45) is 3.41. The van der Waals surface area contributed by atoms with Crippen LogP contribution in [0.5, 0.6) is 0 Å². The number of halogens is 1. The number of rotatable bonds is 5. The molecule has 5 rings (SSSR count). The van der Waals surface area contributed by atoms with Crippen LogP contribution in [0, 0.1) is 5.82 Å². The zero-order valence-electron chi connectivity index (χ0n) is 16.5. The Bertz CT molecular complexity index is 1200. The van der Waals surface area contributed by atoms with Gasteiger partial charge in [-0.2, -0.15) is 4.98 Å². The molecule has 2 N–H and O–H groups in total. The lowest BCUT2D eigenvalue weighted by molar-refractivity contribution is 0.101. The highest BCUT2D eigenvalue weighted by Crippen LogP contribution is 2.26. The number of anilines is 2. The van der Waals surface area contributed by atoms with E-state index in [-0.39, 0.29) is 11.8 Å². The summed E-state index contributed by atoms with van der Waals surface area (Å²) in [5.41, 5.74) is 0.474. The van der Waals surface area contributed by atoms with Gasteiger partial charge in [-0.3, -0.25) is 10.1 Å². The normalized spacial score (nSPS) is 14.0. The van der Waals surface area contributed by atoms with E-state index in [1.807, 2.05) is 17.5 Å². The van der Waals surface area contributed by atoms with Gasteiger partial charge < -0.3 is 4.90 Å². The molecule has 4 heterocycles. The molecule has 1 aliphatic rings. The highest BCUT2D eigenvalue weighted by atomic mass is 32.1. The lowest BCUT2D eigenvalue weighted by Gasteiger charge is -2.24. The van der Waals surface area contributed by atoms with Crippen LogP contribution in [-0.4, -0.2) is 48.9 Å². The molecule has 0 radical (unpaired) electrons. The molecule has 0 spiro atoms. The van der Waals surface area contributed by atoms with Gasteiger partial charge >= 0.3 is 0 Å². The number of hydrogen-bond donors (Lipinski definition) is 2. The summed E-state index contributed by atoms with van der Waals surface area (Å²) in [4.78, 5) is 24.5. The molecule has 4 aromatic rings. The van der Waals surface area contributed by atoms with Gasteiger partial charge in [0.25, 0.3) is 5.91 Å². The molecule has 0 unspecified atom stereocenters. The molecule has 31 heavy (non-hydrogen) atoms. The molecule has 1 saturated heterocycles. The van der Waals surface area contributed by atoms with Crippen molar-refractivity contribution in [2.75, 3.05) is 23.3 Å². The standard InChI is InChI=1S/C20H19FN8OS/c21-13-6-4-7-14(12-13)29-17(15-8-5-11-31-15)22-16(27-29)18(30)23-19-24-20(26-25-19)28-9-2-1-3-10-28/h4-8,11-12H,1-3,9-10H2,(H2,23,24,25,26,30). The van der Waals surface area contributed by atoms with Gasteiger partial charge in [0.05, 0.1) is 10.6 Å². The molecular weight excluding hydrogens is 419 g/mol. The summed E-state index contributed by atoms with van der Waals surface area (Å²) in [5.74, 6) is 0.260. The topological polar surface area (TPSA) is 105 Å². The van der Waals surface area contributed by atoms with E-state index in [1.54, 1.807) is 12.1 Å². The first-order valence-electron chi connectivity index (χ1n) is 9.93. The van der Waals surface area contributed by atoms with E-state index in [4.69, 9.17) is 0 Å². The Morgan fingerprint density at radius 2 is 2.00 bits per heavy atom. The SMILES string of the molecule is O=C(Nc1nc(N2CCCCC2)n[nH]1)c1nc(-c2cccs2)n(-c2cccc(F)c2)n1. The molecule has 1 aromatic carbocycles. The van der Waals surface area contributed by atoms with Crippen molar-refractivity contribution in [3.8, 4) is 16.4 Å². The van der Waals surface area contributed by atoms with E-state index in [2.05, 4.69) is 35.5 Å². The predicted octanol–water partition coefficient (Wildman–Crippen LogP) is 3.50. The highest BCUT2D eigenvalue weighted by molar-refractivity contribution is 7.13. The Morgan fingerprint density at radius 1 is 1.13 bits per heavy atom. The second-order valence-electron chi connectivity index (χ2n) is 7.11. The van der Waals surface area contributed by atoms with Gasteiger partial charge in [-0.1, -0.05) is 12.1 Å². The van der Waals surface area contributed by atoms with Crippen molar-refractivity contribution in [3.05, 3.63) is 53.4 Å². The number of carbonyl (C=O) groups is 1. The number of nitrogens with one attached hydrogen (secondary N) is 2. The van der Waals surface area contributed by atoms with Crippen LogP contribution >= 0.6 is 11.3 Å². The highest BCUT2D eigenvalue weighted by Gasteiger charge is 2.22. The second-order valence-corrected chi connectivity index (χ2v) is 8.06. The van der Waals surface area contributed by atoms with E-state index < -0.39 is 11.7 Å². The Balaban J connectivity index is 1.42. The summed E-state index contributed by atoms with van der Waals surface area (Å²) in [7, 11) is 0. The van der Waals surface area contributed by atoms with Crippen LogP contribution in [0.15, 0.2) is 41.8 Å². The summed E-state index contributed by atoms with van der Waals surface area (Å²) in [6, 6.07) is 9.73. The number of carbonyl (C=O) groups excluding carboxylic acids is 1. The minimum absolute atomic E-state index is 0.0522. The van der Waals surface area contributed by atoms with Crippen molar-refractivity contribution in [1.29, 1.82) is 0 Å². The number of hydrogen-bond acceptors (Lipinski definition) is 7. The molecule has 0 saturated carbocycles. The van der Waals surface area contributed by atoms with E-state index in [0.717, 1.165) is 30.8 Å². The van der Waals surface area contributed by atoms with Crippen molar-refractivity contribution in [1.82, 2.24) is 29.9 Å². The Morgan fingerprint density at radius 3 is 2.77 bits per heavy atom. The molecule has 11 heteroatoms. The number of amides is 1. The van der Waals surface area contributed by atoms with Crippen molar-refractivity contribution in [2.24, 2.45) is 0 Å². The fourth-order valence-electron chi connectivity index (χ4n) is 3.47. The monoisotopic (exact) mass is 438 g/mol. The number of aromatic amines is 1. The molecule has 1 fully saturated rings. The average Bonchev–Trinajstić information content (AvgIpc) is 3.54. The number of aromatic nitrogens is 6. The van der Waals surface area contributed by atoms with Crippen LogP contribution in [-0.2, 0) is 0 Å². The van der Waals surface area contributed by atoms with Crippen LogP contribution < -0.4 is 10.2 Å². The number of H-pyrrole nitrogens is 1. The Kier molecular flexibility index (Phi) is 5.16. The fraction of sp³-hybridized carbons (Fsp3) is 0.250. The predicted molar refractivity (Wildman–Crippen MR) is 115 cm³/mol. The molecule has 0 bridgehead atoms. The molecule has 0 aliphatic carbocycles. The molecule has 3 aromatic heterocycles. The van der Waals surface area contributed by atoms with Crippen LogP contribution in [0.3, 0.4) is 0 Å². The van der Waals surface area contributed by atoms with Gasteiger partial charge in [-0.25, -0.2) is 19.2 Å². The van der Waals surface area contributed by atoms with Gasteiger partial charge in [0.15, 0.2) is 5.82 Å². The van der Waals surface area contributed by atoms with Gasteiger partial charge in [-0.15, -0.1) is 21.5 Å². The Hall–Kier alpha value is -3.60. The first-order chi connectivity index (χ1) is 15.2. The molecule has 9 nitrogen and oxygen atoms in total. The first-order valence-corrected chi connectivity index (χ1v) is 10.8. The van der Waals surface area contributed by atoms with Crippen LogP contribution in [0.1, 0.15) is 29.9 Å². The minimum Gasteiger partial charge on any atom is -0.340 e. The number of piperidine rings is 1. The van der Waals surface area contributed by atoms with E-state index in [9.17, 15) is 9.18 Å². The maximum Gasteiger partial charge on any atom is 0.297 e. The van der Waals surface area contributed by atoms with Gasteiger partial charge in [0.2, 0.25) is 17.7 Å². The largest absolute Gasteiger partial charge is 0.340 e. The molecule has 158 valence electrons. The van der Waals surface area contributed by atoms with Crippen molar-refractivity contribution in [2.45, 2.75) is 19.3 Å². The van der Waals surface area contributed by atoms with E-state index >= 15 is 0 Å². The minimum atomic E-state index is -0.533. The third kappa shape index (κ3) is 4.04. The quantitative estimate of drug-likeness (QED) is 0.494. The van der Waals surface area contributed by atoms with Crippen LogP contribution in [0.4, 0.5) is 16.3 Å².